The number of nitrogens with zero attached hydrogens (tertiary/aromatic N) is 1. The summed E-state index contributed by atoms with van der Waals surface area (Å²) >= 11 is 0. The molecule has 104 valence electrons. The second-order valence-electron chi connectivity index (χ2n) is 5.24. The maximum Gasteiger partial charge on any atom is 0.274 e. The van der Waals surface area contributed by atoms with Crippen LogP contribution in [-0.4, -0.2) is 11.0 Å². The molecule has 0 heterocycles. The molecular formula is C14H19FN2O2. The van der Waals surface area contributed by atoms with Gasteiger partial charge in [-0.2, -0.15) is 0 Å². The van der Waals surface area contributed by atoms with E-state index >= 15 is 0 Å². The van der Waals surface area contributed by atoms with Crippen LogP contribution in [0.4, 0.5) is 10.1 Å². The van der Waals surface area contributed by atoms with Crippen molar-refractivity contribution < 1.29 is 9.31 Å². The molecule has 0 unspecified atom stereocenters. The zero-order valence-electron chi connectivity index (χ0n) is 11.1. The van der Waals surface area contributed by atoms with Gasteiger partial charge in [-0.3, -0.25) is 10.1 Å². The quantitative estimate of drug-likeness (QED) is 0.656. The fourth-order valence-corrected chi connectivity index (χ4v) is 2.77. The van der Waals surface area contributed by atoms with Crippen LogP contribution in [0.2, 0.25) is 0 Å². The molecule has 0 amide bonds. The third kappa shape index (κ3) is 3.50. The Labute approximate surface area is 112 Å². The summed E-state index contributed by atoms with van der Waals surface area (Å²) < 4.78 is 13.2. The van der Waals surface area contributed by atoms with E-state index in [2.05, 4.69) is 12.2 Å². The summed E-state index contributed by atoms with van der Waals surface area (Å²) in [6, 6.07) is 3.91. The molecule has 0 radical (unpaired) electrons. The maximum absolute atomic E-state index is 13.2. The predicted molar refractivity (Wildman–Crippen MR) is 71.3 cm³/mol. The smallest absolute Gasteiger partial charge is 0.274 e. The van der Waals surface area contributed by atoms with Crippen LogP contribution in [0.15, 0.2) is 18.2 Å². The third-order valence-electron chi connectivity index (χ3n) is 3.96. The van der Waals surface area contributed by atoms with Crippen molar-refractivity contribution in [2.45, 2.75) is 45.2 Å². The molecule has 2 rings (SSSR count). The van der Waals surface area contributed by atoms with Gasteiger partial charge in [-0.25, -0.2) is 4.39 Å². The molecule has 0 aliphatic heterocycles. The minimum absolute atomic E-state index is 0.0208. The van der Waals surface area contributed by atoms with E-state index in [1.54, 1.807) is 0 Å². The molecule has 1 N–H and O–H groups in total. The molecule has 0 spiro atoms. The Hall–Kier alpha value is -1.49. The second-order valence-corrected chi connectivity index (χ2v) is 5.24. The van der Waals surface area contributed by atoms with Gasteiger partial charge < -0.3 is 5.32 Å². The van der Waals surface area contributed by atoms with Gasteiger partial charge in [0.15, 0.2) is 0 Å². The molecule has 0 saturated heterocycles. The highest BCUT2D eigenvalue weighted by Gasteiger charge is 2.22. The van der Waals surface area contributed by atoms with Gasteiger partial charge in [0.05, 0.1) is 4.92 Å². The highest BCUT2D eigenvalue weighted by atomic mass is 19.1. The first-order valence-electron chi connectivity index (χ1n) is 6.74. The molecule has 1 aromatic rings. The van der Waals surface area contributed by atoms with Gasteiger partial charge in [-0.1, -0.05) is 12.8 Å². The highest BCUT2D eigenvalue weighted by molar-refractivity contribution is 5.40. The molecule has 4 nitrogen and oxygen atoms in total. The molecule has 1 aliphatic rings. The number of halogens is 1. The molecule has 1 fully saturated rings. The molecule has 1 atom stereocenters. The molecule has 1 aliphatic carbocycles. The van der Waals surface area contributed by atoms with Gasteiger partial charge in [-0.05, 0) is 37.8 Å². The van der Waals surface area contributed by atoms with Crippen LogP contribution in [-0.2, 0) is 6.54 Å². The monoisotopic (exact) mass is 266 g/mol. The third-order valence-corrected chi connectivity index (χ3v) is 3.96. The van der Waals surface area contributed by atoms with Crippen LogP contribution >= 0.6 is 0 Å². The summed E-state index contributed by atoms with van der Waals surface area (Å²) in [7, 11) is 0. The lowest BCUT2D eigenvalue weighted by Crippen LogP contribution is -2.31. The molecule has 5 heteroatoms. The van der Waals surface area contributed by atoms with Crippen LogP contribution in [0.3, 0.4) is 0 Å². The van der Waals surface area contributed by atoms with Crippen LogP contribution in [0.1, 0.15) is 38.2 Å². The molecule has 0 bridgehead atoms. The number of benzene rings is 1. The SMILES string of the molecule is C[C@H](NCc1cc(F)ccc1[N+](=O)[O-])C1CCCC1. The Morgan fingerprint density at radius 1 is 1.47 bits per heavy atom. The van der Waals surface area contributed by atoms with E-state index in [4.69, 9.17) is 0 Å². The number of nitro benzene ring substituents is 1. The molecule has 19 heavy (non-hydrogen) atoms. The normalized spacial score (nSPS) is 17.6. The van der Waals surface area contributed by atoms with Gasteiger partial charge >= 0.3 is 0 Å². The number of nitro groups is 1. The molecule has 1 saturated carbocycles. The first-order valence-corrected chi connectivity index (χ1v) is 6.74. The zero-order chi connectivity index (χ0) is 13.8. The van der Waals surface area contributed by atoms with E-state index in [1.807, 2.05) is 0 Å². The predicted octanol–water partition coefficient (Wildman–Crippen LogP) is 3.40. The first kappa shape index (κ1) is 13.9. The minimum atomic E-state index is -0.462. The van der Waals surface area contributed by atoms with Crippen LogP contribution in [0.5, 0.6) is 0 Å². The topological polar surface area (TPSA) is 55.2 Å². The Morgan fingerprint density at radius 3 is 2.79 bits per heavy atom. The fraction of sp³-hybridized carbons (Fsp3) is 0.571. The summed E-state index contributed by atoms with van der Waals surface area (Å²) in [5.74, 6) is 0.198. The van der Waals surface area contributed by atoms with Crippen molar-refractivity contribution in [2.24, 2.45) is 5.92 Å². The summed E-state index contributed by atoms with van der Waals surface area (Å²) in [5, 5.41) is 14.2. The van der Waals surface area contributed by atoms with E-state index in [-0.39, 0.29) is 5.69 Å². The zero-order valence-corrected chi connectivity index (χ0v) is 11.1. The maximum atomic E-state index is 13.2. The van der Waals surface area contributed by atoms with Gasteiger partial charge in [0, 0.05) is 24.2 Å². The van der Waals surface area contributed by atoms with Crippen molar-refractivity contribution in [3.8, 4) is 0 Å². The Bertz CT molecular complexity index is 459. The van der Waals surface area contributed by atoms with Crippen molar-refractivity contribution in [2.75, 3.05) is 0 Å². The van der Waals surface area contributed by atoms with Gasteiger partial charge in [0.2, 0.25) is 0 Å². The van der Waals surface area contributed by atoms with Crippen LogP contribution < -0.4 is 5.32 Å². The lowest BCUT2D eigenvalue weighted by Gasteiger charge is -2.20. The van der Waals surface area contributed by atoms with Crippen molar-refractivity contribution >= 4 is 5.69 Å². The number of rotatable bonds is 5. The average molecular weight is 266 g/mol. The van der Waals surface area contributed by atoms with Crippen molar-refractivity contribution in [1.82, 2.24) is 5.32 Å². The van der Waals surface area contributed by atoms with Crippen molar-refractivity contribution in [1.29, 1.82) is 0 Å². The molecule has 0 aromatic heterocycles. The summed E-state index contributed by atoms with van der Waals surface area (Å²) in [5.41, 5.74) is 0.391. The second kappa shape index (κ2) is 6.10. The van der Waals surface area contributed by atoms with Crippen molar-refractivity contribution in [3.05, 3.63) is 39.7 Å². The summed E-state index contributed by atoms with van der Waals surface area (Å²) in [4.78, 5) is 10.4. The summed E-state index contributed by atoms with van der Waals surface area (Å²) in [6.45, 7) is 2.44. The Kier molecular flexibility index (Phi) is 4.47. The lowest BCUT2D eigenvalue weighted by molar-refractivity contribution is -0.385. The van der Waals surface area contributed by atoms with Gasteiger partial charge in [-0.15, -0.1) is 0 Å². The first-order chi connectivity index (χ1) is 9.08. The molecule has 1 aromatic carbocycles. The van der Waals surface area contributed by atoms with Crippen molar-refractivity contribution in [3.63, 3.8) is 0 Å². The Morgan fingerprint density at radius 2 is 2.16 bits per heavy atom. The van der Waals surface area contributed by atoms with Gasteiger partial charge in [0.25, 0.3) is 5.69 Å². The van der Waals surface area contributed by atoms with E-state index in [0.717, 1.165) is 6.07 Å². The van der Waals surface area contributed by atoms with E-state index in [1.165, 1.54) is 37.8 Å². The largest absolute Gasteiger partial charge is 0.310 e. The number of nitrogens with one attached hydrogen (secondary N) is 1. The number of hydrogen-bond acceptors (Lipinski definition) is 3. The van der Waals surface area contributed by atoms with Crippen LogP contribution in [0.25, 0.3) is 0 Å². The lowest BCUT2D eigenvalue weighted by atomic mass is 9.99. The van der Waals surface area contributed by atoms with Gasteiger partial charge in [0.1, 0.15) is 5.82 Å². The van der Waals surface area contributed by atoms with Crippen LogP contribution in [0, 0.1) is 21.8 Å². The highest BCUT2D eigenvalue weighted by Crippen LogP contribution is 2.28. The minimum Gasteiger partial charge on any atom is -0.310 e. The standard InChI is InChI=1S/C14H19FN2O2/c1-10(11-4-2-3-5-11)16-9-12-8-13(15)6-7-14(12)17(18)19/h6-8,10-11,16H,2-5,9H2,1H3/t10-/m0/s1. The van der Waals surface area contributed by atoms with E-state index in [9.17, 15) is 14.5 Å². The van der Waals surface area contributed by atoms with E-state index < -0.39 is 10.7 Å². The number of hydrogen-bond donors (Lipinski definition) is 1. The Balaban J connectivity index is 2.01. The fourth-order valence-electron chi connectivity index (χ4n) is 2.77. The summed E-state index contributed by atoms with van der Waals surface area (Å²) in [6.07, 6.45) is 4.94. The van der Waals surface area contributed by atoms with E-state index in [0.29, 0.717) is 24.1 Å². The molecular weight excluding hydrogens is 247 g/mol. The average Bonchev–Trinajstić information content (AvgIpc) is 2.89.